The highest BCUT2D eigenvalue weighted by Crippen LogP contribution is 2.35. The maximum atomic E-state index is 13.0. The zero-order valence-corrected chi connectivity index (χ0v) is 12.3. The molecular formula is C19H22FN. The molecule has 1 aliphatic rings. The number of rotatable bonds is 3. The number of benzene rings is 2. The Morgan fingerprint density at radius 2 is 1.62 bits per heavy atom. The highest BCUT2D eigenvalue weighted by atomic mass is 19.1. The van der Waals surface area contributed by atoms with Crippen molar-refractivity contribution in [1.29, 1.82) is 0 Å². The van der Waals surface area contributed by atoms with Crippen molar-refractivity contribution in [1.82, 2.24) is 0 Å². The molecule has 0 aliphatic heterocycles. The van der Waals surface area contributed by atoms with E-state index in [0.29, 0.717) is 0 Å². The maximum Gasteiger partial charge on any atom is 0.123 e. The van der Waals surface area contributed by atoms with E-state index in [4.69, 9.17) is 5.73 Å². The Balaban J connectivity index is 1.81. The van der Waals surface area contributed by atoms with Gasteiger partial charge in [-0.1, -0.05) is 55.7 Å². The molecule has 0 amide bonds. The van der Waals surface area contributed by atoms with Crippen LogP contribution in [0, 0.1) is 5.82 Å². The van der Waals surface area contributed by atoms with E-state index < -0.39 is 0 Å². The van der Waals surface area contributed by atoms with Gasteiger partial charge in [0.05, 0.1) is 0 Å². The summed E-state index contributed by atoms with van der Waals surface area (Å²) in [6, 6.07) is 15.3. The Kier molecular flexibility index (Phi) is 4.07. The minimum atomic E-state index is -0.185. The Hall–Kier alpha value is -1.67. The molecule has 0 unspecified atom stereocenters. The average molecular weight is 283 g/mol. The summed E-state index contributed by atoms with van der Waals surface area (Å²) in [4.78, 5) is 0. The van der Waals surface area contributed by atoms with Gasteiger partial charge in [-0.05, 0) is 48.1 Å². The first kappa shape index (κ1) is 14.3. The van der Waals surface area contributed by atoms with Crippen LogP contribution in [-0.2, 0) is 12.0 Å². The third-order valence-corrected chi connectivity index (χ3v) is 4.57. The topological polar surface area (TPSA) is 26.0 Å². The lowest BCUT2D eigenvalue weighted by molar-refractivity contribution is 0.302. The van der Waals surface area contributed by atoms with E-state index in [1.54, 1.807) is 0 Å². The minimum absolute atomic E-state index is 0.156. The van der Waals surface area contributed by atoms with Gasteiger partial charge in [0, 0.05) is 5.54 Å². The van der Waals surface area contributed by atoms with E-state index in [2.05, 4.69) is 24.3 Å². The van der Waals surface area contributed by atoms with Crippen molar-refractivity contribution < 1.29 is 4.39 Å². The van der Waals surface area contributed by atoms with Gasteiger partial charge < -0.3 is 5.73 Å². The number of hydrogen-bond acceptors (Lipinski definition) is 1. The van der Waals surface area contributed by atoms with Gasteiger partial charge in [-0.2, -0.15) is 0 Å². The summed E-state index contributed by atoms with van der Waals surface area (Å²) in [5.74, 6) is -0.185. The highest BCUT2D eigenvalue weighted by Gasteiger charge is 2.29. The first-order chi connectivity index (χ1) is 10.2. The summed E-state index contributed by atoms with van der Waals surface area (Å²) in [5.41, 5.74) is 10.1. The quantitative estimate of drug-likeness (QED) is 0.879. The smallest absolute Gasteiger partial charge is 0.123 e. The Bertz CT molecular complexity index is 597. The predicted molar refractivity (Wildman–Crippen MR) is 84.6 cm³/mol. The van der Waals surface area contributed by atoms with E-state index in [-0.39, 0.29) is 11.4 Å². The van der Waals surface area contributed by atoms with E-state index in [1.165, 1.54) is 42.5 Å². The SMILES string of the molecule is NC1(c2cccc(Cc3ccc(F)cc3)c2)CCCCC1. The molecule has 0 aromatic heterocycles. The van der Waals surface area contributed by atoms with Crippen molar-refractivity contribution in [2.45, 2.75) is 44.1 Å². The van der Waals surface area contributed by atoms with E-state index >= 15 is 0 Å². The summed E-state index contributed by atoms with van der Waals surface area (Å²) in [7, 11) is 0. The maximum absolute atomic E-state index is 13.0. The van der Waals surface area contributed by atoms with Crippen LogP contribution in [0.2, 0.25) is 0 Å². The van der Waals surface area contributed by atoms with Crippen LogP contribution in [0.3, 0.4) is 0 Å². The van der Waals surface area contributed by atoms with Gasteiger partial charge in [-0.15, -0.1) is 0 Å². The Morgan fingerprint density at radius 3 is 2.33 bits per heavy atom. The standard InChI is InChI=1S/C19H22FN/c20-18-9-7-15(8-10-18)13-16-5-4-6-17(14-16)19(21)11-2-1-3-12-19/h4-10,14H,1-3,11-13,21H2. The lowest BCUT2D eigenvalue weighted by atomic mass is 9.77. The second-order valence-corrected chi connectivity index (χ2v) is 6.22. The van der Waals surface area contributed by atoms with Gasteiger partial charge >= 0.3 is 0 Å². The molecule has 2 aromatic rings. The molecule has 1 fully saturated rings. The molecule has 110 valence electrons. The lowest BCUT2D eigenvalue weighted by Crippen LogP contribution is -2.38. The molecule has 0 bridgehead atoms. The zero-order valence-electron chi connectivity index (χ0n) is 12.3. The number of halogens is 1. The molecule has 0 heterocycles. The van der Waals surface area contributed by atoms with Crippen molar-refractivity contribution in [3.05, 3.63) is 71.0 Å². The zero-order chi connectivity index (χ0) is 14.7. The van der Waals surface area contributed by atoms with Crippen LogP contribution in [0.4, 0.5) is 4.39 Å². The molecule has 2 heteroatoms. The van der Waals surface area contributed by atoms with Crippen LogP contribution in [0.1, 0.15) is 48.8 Å². The number of nitrogens with two attached hydrogens (primary N) is 1. The fraction of sp³-hybridized carbons (Fsp3) is 0.368. The van der Waals surface area contributed by atoms with Crippen LogP contribution < -0.4 is 5.73 Å². The first-order valence-electron chi connectivity index (χ1n) is 7.78. The van der Waals surface area contributed by atoms with Gasteiger partial charge in [0.2, 0.25) is 0 Å². The summed E-state index contributed by atoms with van der Waals surface area (Å²) in [5, 5.41) is 0. The van der Waals surface area contributed by atoms with Gasteiger partial charge in [0.15, 0.2) is 0 Å². The second kappa shape index (κ2) is 5.98. The third kappa shape index (κ3) is 3.33. The molecule has 2 aromatic carbocycles. The molecule has 3 rings (SSSR count). The summed E-state index contributed by atoms with van der Waals surface area (Å²) in [6.07, 6.45) is 6.72. The molecule has 0 spiro atoms. The highest BCUT2D eigenvalue weighted by molar-refractivity contribution is 5.33. The van der Waals surface area contributed by atoms with E-state index in [0.717, 1.165) is 24.8 Å². The van der Waals surface area contributed by atoms with Crippen LogP contribution in [-0.4, -0.2) is 0 Å². The Morgan fingerprint density at radius 1 is 0.905 bits per heavy atom. The van der Waals surface area contributed by atoms with Crippen molar-refractivity contribution >= 4 is 0 Å². The van der Waals surface area contributed by atoms with Crippen molar-refractivity contribution in [2.75, 3.05) is 0 Å². The van der Waals surface area contributed by atoms with Gasteiger partial charge in [0.25, 0.3) is 0 Å². The molecule has 0 atom stereocenters. The fourth-order valence-corrected chi connectivity index (χ4v) is 3.30. The van der Waals surface area contributed by atoms with Crippen molar-refractivity contribution in [3.63, 3.8) is 0 Å². The monoisotopic (exact) mass is 283 g/mol. The van der Waals surface area contributed by atoms with Crippen LogP contribution in [0.5, 0.6) is 0 Å². The molecule has 2 N–H and O–H groups in total. The normalized spacial score (nSPS) is 17.6. The largest absolute Gasteiger partial charge is 0.321 e. The fourth-order valence-electron chi connectivity index (χ4n) is 3.30. The van der Waals surface area contributed by atoms with Crippen molar-refractivity contribution in [3.8, 4) is 0 Å². The second-order valence-electron chi connectivity index (χ2n) is 6.22. The van der Waals surface area contributed by atoms with Crippen molar-refractivity contribution in [2.24, 2.45) is 5.73 Å². The summed E-state index contributed by atoms with van der Waals surface area (Å²) >= 11 is 0. The van der Waals surface area contributed by atoms with Gasteiger partial charge in [0.1, 0.15) is 5.82 Å². The third-order valence-electron chi connectivity index (χ3n) is 4.57. The first-order valence-corrected chi connectivity index (χ1v) is 7.78. The molecular weight excluding hydrogens is 261 g/mol. The molecule has 1 saturated carbocycles. The van der Waals surface area contributed by atoms with E-state index in [9.17, 15) is 4.39 Å². The molecule has 0 radical (unpaired) electrons. The molecule has 21 heavy (non-hydrogen) atoms. The Labute approximate surface area is 126 Å². The average Bonchev–Trinajstić information content (AvgIpc) is 2.51. The van der Waals surface area contributed by atoms with E-state index in [1.807, 2.05) is 12.1 Å². The molecule has 1 nitrogen and oxygen atoms in total. The van der Waals surface area contributed by atoms with Crippen LogP contribution in [0.15, 0.2) is 48.5 Å². The molecule has 1 aliphatic carbocycles. The summed E-state index contributed by atoms with van der Waals surface area (Å²) in [6.45, 7) is 0. The van der Waals surface area contributed by atoms with Crippen LogP contribution in [0.25, 0.3) is 0 Å². The minimum Gasteiger partial charge on any atom is -0.321 e. The number of hydrogen-bond donors (Lipinski definition) is 1. The predicted octanol–water partition coefficient (Wildman–Crippen LogP) is 4.53. The van der Waals surface area contributed by atoms with Gasteiger partial charge in [-0.3, -0.25) is 0 Å². The summed E-state index contributed by atoms with van der Waals surface area (Å²) < 4.78 is 13.0. The van der Waals surface area contributed by atoms with Crippen LogP contribution >= 0.6 is 0 Å². The lowest BCUT2D eigenvalue weighted by Gasteiger charge is -2.34. The van der Waals surface area contributed by atoms with Gasteiger partial charge in [-0.25, -0.2) is 4.39 Å². The molecule has 0 saturated heterocycles.